The van der Waals surface area contributed by atoms with Crippen molar-refractivity contribution in [1.29, 1.82) is 0 Å². The average molecular weight is 335 g/mol. The number of hydrogen-bond donors (Lipinski definition) is 1. The van der Waals surface area contributed by atoms with E-state index in [1.165, 1.54) is 0 Å². The molecule has 0 saturated carbocycles. The van der Waals surface area contributed by atoms with E-state index < -0.39 is 0 Å². The van der Waals surface area contributed by atoms with Crippen LogP contribution in [0.15, 0.2) is 28.7 Å². The van der Waals surface area contributed by atoms with Crippen LogP contribution < -0.4 is 5.32 Å². The van der Waals surface area contributed by atoms with Crippen molar-refractivity contribution in [1.82, 2.24) is 5.32 Å². The Kier molecular flexibility index (Phi) is 4.80. The van der Waals surface area contributed by atoms with Gasteiger partial charge in [0.1, 0.15) is 0 Å². The number of halogens is 2. The van der Waals surface area contributed by atoms with Gasteiger partial charge in [-0.1, -0.05) is 50.1 Å². The molecule has 0 aliphatic carbocycles. The van der Waals surface area contributed by atoms with Gasteiger partial charge in [-0.15, -0.1) is 0 Å². The molecule has 2 nitrogen and oxygen atoms in total. The van der Waals surface area contributed by atoms with Crippen LogP contribution in [0.3, 0.4) is 0 Å². The van der Waals surface area contributed by atoms with Crippen LogP contribution in [0, 0.1) is 0 Å². The van der Waals surface area contributed by atoms with Gasteiger partial charge in [-0.3, -0.25) is 4.79 Å². The predicted octanol–water partition coefficient (Wildman–Crippen LogP) is 3.41. The molecule has 0 aliphatic heterocycles. The van der Waals surface area contributed by atoms with E-state index in [0.717, 1.165) is 10.0 Å². The highest BCUT2D eigenvalue weighted by Gasteiger charge is 2.14. The van der Waals surface area contributed by atoms with E-state index in [4.69, 9.17) is 0 Å². The maximum Gasteiger partial charge on any atom is 0.233 e. The lowest BCUT2D eigenvalue weighted by atomic mass is 10.1. The van der Waals surface area contributed by atoms with Crippen LogP contribution in [-0.2, 0) is 4.79 Å². The Balaban J connectivity index is 2.73. The molecule has 0 bridgehead atoms. The lowest BCUT2D eigenvalue weighted by Crippen LogP contribution is -2.31. The van der Waals surface area contributed by atoms with Gasteiger partial charge in [0, 0.05) is 4.47 Å². The fraction of sp³-hybridized carbons (Fsp3) is 0.364. The van der Waals surface area contributed by atoms with Gasteiger partial charge in [-0.05, 0) is 25.5 Å². The van der Waals surface area contributed by atoms with Gasteiger partial charge in [0.25, 0.3) is 0 Å². The summed E-state index contributed by atoms with van der Waals surface area (Å²) in [4.78, 5) is 11.3. The molecule has 2 atom stereocenters. The molecule has 0 fully saturated rings. The molecule has 0 radical (unpaired) electrons. The molecule has 1 aromatic rings. The van der Waals surface area contributed by atoms with E-state index in [-0.39, 0.29) is 16.8 Å². The molecule has 4 heteroatoms. The minimum Gasteiger partial charge on any atom is -0.349 e. The van der Waals surface area contributed by atoms with Gasteiger partial charge in [0.05, 0.1) is 10.9 Å². The number of hydrogen-bond acceptors (Lipinski definition) is 1. The van der Waals surface area contributed by atoms with Crippen LogP contribution in [0.5, 0.6) is 0 Å². The van der Waals surface area contributed by atoms with E-state index in [1.54, 1.807) is 0 Å². The Bertz CT molecular complexity index is 352. The van der Waals surface area contributed by atoms with Gasteiger partial charge >= 0.3 is 0 Å². The molecule has 1 aromatic carbocycles. The molecule has 0 aliphatic rings. The molecule has 1 amide bonds. The van der Waals surface area contributed by atoms with Gasteiger partial charge in [0.2, 0.25) is 5.91 Å². The van der Waals surface area contributed by atoms with Crippen molar-refractivity contribution < 1.29 is 4.79 Å². The van der Waals surface area contributed by atoms with Crippen LogP contribution in [0.4, 0.5) is 0 Å². The maximum atomic E-state index is 11.5. The number of carbonyl (C=O) groups excluding carboxylic acids is 1. The first kappa shape index (κ1) is 12.7. The zero-order valence-electron chi connectivity index (χ0n) is 8.63. The van der Waals surface area contributed by atoms with Crippen molar-refractivity contribution >= 4 is 37.8 Å². The van der Waals surface area contributed by atoms with Crippen molar-refractivity contribution in [2.75, 3.05) is 0 Å². The Hall–Kier alpha value is -0.350. The average Bonchev–Trinajstić information content (AvgIpc) is 2.18. The zero-order chi connectivity index (χ0) is 11.4. The third kappa shape index (κ3) is 3.61. The van der Waals surface area contributed by atoms with Crippen molar-refractivity contribution in [3.05, 3.63) is 34.3 Å². The van der Waals surface area contributed by atoms with Crippen LogP contribution in [0.1, 0.15) is 25.5 Å². The fourth-order valence-electron chi connectivity index (χ4n) is 1.23. The second-order valence-electron chi connectivity index (χ2n) is 3.37. The minimum absolute atomic E-state index is 0.00162. The molecule has 0 aromatic heterocycles. The molecule has 0 heterocycles. The van der Waals surface area contributed by atoms with Crippen LogP contribution in [0.25, 0.3) is 0 Å². The number of carbonyl (C=O) groups is 1. The van der Waals surface area contributed by atoms with Crippen LogP contribution in [0.2, 0.25) is 0 Å². The molecule has 0 spiro atoms. The summed E-state index contributed by atoms with van der Waals surface area (Å²) in [6.45, 7) is 3.77. The molecule has 15 heavy (non-hydrogen) atoms. The smallest absolute Gasteiger partial charge is 0.233 e. The lowest BCUT2D eigenvalue weighted by Gasteiger charge is -2.16. The van der Waals surface area contributed by atoms with Gasteiger partial charge < -0.3 is 5.32 Å². The Morgan fingerprint density at radius 1 is 1.33 bits per heavy atom. The molecular weight excluding hydrogens is 322 g/mol. The van der Waals surface area contributed by atoms with E-state index in [9.17, 15) is 4.79 Å². The minimum atomic E-state index is -0.164. The molecule has 1 N–H and O–H groups in total. The number of alkyl halides is 1. The SMILES string of the molecule is CC(Br)C(=O)N[C@H](C)c1ccccc1Br. The quantitative estimate of drug-likeness (QED) is 0.843. The van der Waals surface area contributed by atoms with Crippen molar-refractivity contribution in [3.63, 3.8) is 0 Å². The first-order valence-electron chi connectivity index (χ1n) is 4.71. The summed E-state index contributed by atoms with van der Waals surface area (Å²) >= 11 is 6.70. The van der Waals surface area contributed by atoms with E-state index in [1.807, 2.05) is 38.1 Å². The lowest BCUT2D eigenvalue weighted by molar-refractivity contribution is -0.120. The second kappa shape index (κ2) is 5.66. The standard InChI is InChI=1S/C11H13Br2NO/c1-7(12)11(15)14-8(2)9-5-3-4-6-10(9)13/h3-8H,1-2H3,(H,14,15)/t7?,8-/m1/s1. The van der Waals surface area contributed by atoms with Gasteiger partial charge in [-0.25, -0.2) is 0 Å². The first-order valence-corrected chi connectivity index (χ1v) is 6.42. The number of rotatable bonds is 3. The zero-order valence-corrected chi connectivity index (χ0v) is 11.8. The van der Waals surface area contributed by atoms with E-state index >= 15 is 0 Å². The summed E-state index contributed by atoms with van der Waals surface area (Å²) in [5.74, 6) is -0.00162. The molecule has 82 valence electrons. The normalized spacial score (nSPS) is 14.4. The summed E-state index contributed by atoms with van der Waals surface area (Å²) in [6.07, 6.45) is 0. The third-order valence-corrected chi connectivity index (χ3v) is 3.23. The molecule has 1 rings (SSSR count). The Morgan fingerprint density at radius 3 is 2.47 bits per heavy atom. The Morgan fingerprint density at radius 2 is 1.93 bits per heavy atom. The largest absolute Gasteiger partial charge is 0.349 e. The molecular formula is C11H13Br2NO. The summed E-state index contributed by atoms with van der Waals surface area (Å²) in [7, 11) is 0. The predicted molar refractivity (Wildman–Crippen MR) is 69.1 cm³/mol. The molecule has 1 unspecified atom stereocenters. The summed E-state index contributed by atoms with van der Waals surface area (Å²) in [5, 5.41) is 2.92. The number of amides is 1. The number of benzene rings is 1. The van der Waals surface area contributed by atoms with Gasteiger partial charge in [-0.2, -0.15) is 0 Å². The summed E-state index contributed by atoms with van der Waals surface area (Å²) in [5.41, 5.74) is 1.08. The van der Waals surface area contributed by atoms with Crippen LogP contribution >= 0.6 is 31.9 Å². The van der Waals surface area contributed by atoms with Crippen molar-refractivity contribution in [2.24, 2.45) is 0 Å². The van der Waals surface area contributed by atoms with E-state index in [2.05, 4.69) is 37.2 Å². The van der Waals surface area contributed by atoms with Crippen molar-refractivity contribution in [3.8, 4) is 0 Å². The highest BCUT2D eigenvalue weighted by atomic mass is 79.9. The Labute approximate surface area is 107 Å². The van der Waals surface area contributed by atoms with E-state index in [0.29, 0.717) is 0 Å². The van der Waals surface area contributed by atoms with Crippen LogP contribution in [-0.4, -0.2) is 10.7 Å². The highest BCUT2D eigenvalue weighted by molar-refractivity contribution is 9.10. The monoisotopic (exact) mass is 333 g/mol. The molecule has 0 saturated heterocycles. The third-order valence-electron chi connectivity index (χ3n) is 2.09. The highest BCUT2D eigenvalue weighted by Crippen LogP contribution is 2.22. The summed E-state index contributed by atoms with van der Waals surface area (Å²) in [6, 6.07) is 7.88. The maximum absolute atomic E-state index is 11.5. The summed E-state index contributed by atoms with van der Waals surface area (Å²) < 4.78 is 1.01. The van der Waals surface area contributed by atoms with Gasteiger partial charge in [0.15, 0.2) is 0 Å². The second-order valence-corrected chi connectivity index (χ2v) is 5.60. The fourth-order valence-corrected chi connectivity index (χ4v) is 1.99. The van der Waals surface area contributed by atoms with Crippen molar-refractivity contribution in [2.45, 2.75) is 24.7 Å². The first-order chi connectivity index (χ1) is 7.02. The number of nitrogens with one attached hydrogen (secondary N) is 1. The topological polar surface area (TPSA) is 29.1 Å².